The van der Waals surface area contributed by atoms with Crippen molar-refractivity contribution in [2.75, 3.05) is 31.9 Å². The van der Waals surface area contributed by atoms with E-state index in [1.807, 2.05) is 0 Å². The van der Waals surface area contributed by atoms with Crippen LogP contribution in [0.15, 0.2) is 0 Å². The molecule has 0 amide bonds. The first-order valence-electron chi connectivity index (χ1n) is 6.63. The maximum Gasteiger partial charge on any atom is 0.153 e. The Labute approximate surface area is 106 Å². The molecule has 1 N–H and O–H groups in total. The summed E-state index contributed by atoms with van der Waals surface area (Å²) < 4.78 is 23.5. The minimum Gasteiger partial charge on any atom is -0.311 e. The molecule has 0 spiro atoms. The molecule has 1 aliphatic rings. The van der Waals surface area contributed by atoms with E-state index in [0.29, 0.717) is 18.3 Å². The van der Waals surface area contributed by atoms with Crippen LogP contribution in [-0.2, 0) is 9.84 Å². The van der Waals surface area contributed by atoms with Crippen LogP contribution in [0.5, 0.6) is 0 Å². The Balaban J connectivity index is 2.37. The molecule has 1 heterocycles. The van der Waals surface area contributed by atoms with Gasteiger partial charge in [0.15, 0.2) is 9.84 Å². The molecule has 1 saturated heterocycles. The van der Waals surface area contributed by atoms with Crippen LogP contribution in [0.25, 0.3) is 0 Å². The SMILES string of the molecule is CCCC1CN(CCS(=O)(=O)C(C)C)CCN1. The number of nitrogens with one attached hydrogen (secondary N) is 1. The van der Waals surface area contributed by atoms with Crippen molar-refractivity contribution in [3.8, 4) is 0 Å². The van der Waals surface area contributed by atoms with Crippen LogP contribution in [0.1, 0.15) is 33.6 Å². The zero-order valence-corrected chi connectivity index (χ0v) is 12.1. The highest BCUT2D eigenvalue weighted by molar-refractivity contribution is 7.92. The number of nitrogens with zero attached hydrogens (tertiary/aromatic N) is 1. The van der Waals surface area contributed by atoms with Crippen molar-refractivity contribution in [3.05, 3.63) is 0 Å². The molecule has 0 aliphatic carbocycles. The van der Waals surface area contributed by atoms with E-state index in [2.05, 4.69) is 17.1 Å². The van der Waals surface area contributed by atoms with Gasteiger partial charge in [-0.3, -0.25) is 4.90 Å². The van der Waals surface area contributed by atoms with Gasteiger partial charge in [0.1, 0.15) is 0 Å². The predicted molar refractivity (Wildman–Crippen MR) is 72.1 cm³/mol. The second-order valence-electron chi connectivity index (χ2n) is 5.16. The van der Waals surface area contributed by atoms with Crippen LogP contribution in [0.4, 0.5) is 0 Å². The summed E-state index contributed by atoms with van der Waals surface area (Å²) in [6.07, 6.45) is 2.35. The molecule has 0 bridgehead atoms. The molecule has 1 atom stereocenters. The monoisotopic (exact) mass is 262 g/mol. The van der Waals surface area contributed by atoms with Crippen molar-refractivity contribution >= 4 is 9.84 Å². The Morgan fingerprint density at radius 2 is 2.12 bits per heavy atom. The van der Waals surface area contributed by atoms with Gasteiger partial charge >= 0.3 is 0 Å². The summed E-state index contributed by atoms with van der Waals surface area (Å²) in [6, 6.07) is 0.538. The molecule has 1 aliphatic heterocycles. The third-order valence-electron chi connectivity index (χ3n) is 3.39. The van der Waals surface area contributed by atoms with Crippen LogP contribution >= 0.6 is 0 Å². The molecule has 5 heteroatoms. The Morgan fingerprint density at radius 3 is 2.71 bits per heavy atom. The first kappa shape index (κ1) is 14.9. The molecule has 1 rings (SSSR count). The molecular weight excluding hydrogens is 236 g/mol. The van der Waals surface area contributed by atoms with E-state index in [0.717, 1.165) is 19.6 Å². The average molecular weight is 262 g/mol. The summed E-state index contributed by atoms with van der Waals surface area (Å²) in [7, 11) is -2.89. The first-order chi connectivity index (χ1) is 7.95. The van der Waals surface area contributed by atoms with E-state index in [-0.39, 0.29) is 5.25 Å². The zero-order valence-electron chi connectivity index (χ0n) is 11.3. The summed E-state index contributed by atoms with van der Waals surface area (Å²) >= 11 is 0. The Bertz CT molecular complexity index is 312. The van der Waals surface area contributed by atoms with Crippen molar-refractivity contribution in [3.63, 3.8) is 0 Å². The van der Waals surface area contributed by atoms with Gasteiger partial charge in [-0.15, -0.1) is 0 Å². The van der Waals surface area contributed by atoms with Crippen molar-refractivity contribution in [1.29, 1.82) is 0 Å². The molecule has 1 fully saturated rings. The molecule has 17 heavy (non-hydrogen) atoms. The lowest BCUT2D eigenvalue weighted by molar-refractivity contribution is 0.203. The fraction of sp³-hybridized carbons (Fsp3) is 1.00. The van der Waals surface area contributed by atoms with Gasteiger partial charge in [-0.2, -0.15) is 0 Å². The summed E-state index contributed by atoms with van der Waals surface area (Å²) in [4.78, 5) is 2.27. The van der Waals surface area contributed by atoms with Crippen LogP contribution in [0.3, 0.4) is 0 Å². The lowest BCUT2D eigenvalue weighted by Gasteiger charge is -2.33. The topological polar surface area (TPSA) is 49.4 Å². The molecular formula is C12H26N2O2S. The Kier molecular flexibility index (Phi) is 5.89. The van der Waals surface area contributed by atoms with Crippen LogP contribution in [-0.4, -0.2) is 56.5 Å². The molecule has 0 radical (unpaired) electrons. The van der Waals surface area contributed by atoms with Gasteiger partial charge in [0.2, 0.25) is 0 Å². The number of piperazine rings is 1. The second kappa shape index (κ2) is 6.71. The maximum absolute atomic E-state index is 11.7. The summed E-state index contributed by atoms with van der Waals surface area (Å²) in [5.74, 6) is 0.295. The van der Waals surface area contributed by atoms with E-state index < -0.39 is 9.84 Å². The number of hydrogen-bond acceptors (Lipinski definition) is 4. The Hall–Kier alpha value is -0.130. The smallest absolute Gasteiger partial charge is 0.153 e. The summed E-state index contributed by atoms with van der Waals surface area (Å²) in [5, 5.41) is 3.23. The van der Waals surface area contributed by atoms with Gasteiger partial charge in [-0.25, -0.2) is 8.42 Å². The highest BCUT2D eigenvalue weighted by atomic mass is 32.2. The van der Waals surface area contributed by atoms with Gasteiger partial charge in [0.05, 0.1) is 11.0 Å². The average Bonchev–Trinajstić information content (AvgIpc) is 2.27. The maximum atomic E-state index is 11.7. The summed E-state index contributed by atoms with van der Waals surface area (Å²) in [6.45, 7) is 9.31. The van der Waals surface area contributed by atoms with E-state index >= 15 is 0 Å². The standard InChI is InChI=1S/C12H26N2O2S/c1-4-5-12-10-14(7-6-13-12)8-9-17(15,16)11(2)3/h11-13H,4-10H2,1-3H3. The molecule has 102 valence electrons. The highest BCUT2D eigenvalue weighted by Gasteiger charge is 2.21. The number of hydrogen-bond donors (Lipinski definition) is 1. The van der Waals surface area contributed by atoms with Crippen LogP contribution in [0.2, 0.25) is 0 Å². The fourth-order valence-corrected chi connectivity index (χ4v) is 3.12. The normalized spacial score (nSPS) is 23.2. The minimum atomic E-state index is -2.89. The van der Waals surface area contributed by atoms with E-state index in [1.165, 1.54) is 12.8 Å². The highest BCUT2D eigenvalue weighted by Crippen LogP contribution is 2.07. The van der Waals surface area contributed by atoms with E-state index in [4.69, 9.17) is 0 Å². The molecule has 1 unspecified atom stereocenters. The predicted octanol–water partition coefficient (Wildman–Crippen LogP) is 0.884. The Morgan fingerprint density at radius 1 is 1.41 bits per heavy atom. The third kappa shape index (κ3) is 4.94. The van der Waals surface area contributed by atoms with Crippen molar-refractivity contribution in [2.24, 2.45) is 0 Å². The second-order valence-corrected chi connectivity index (χ2v) is 7.83. The third-order valence-corrected chi connectivity index (χ3v) is 5.58. The van der Waals surface area contributed by atoms with Crippen molar-refractivity contribution < 1.29 is 8.42 Å². The molecule has 0 saturated carbocycles. The van der Waals surface area contributed by atoms with Gasteiger partial charge in [0, 0.05) is 32.2 Å². The van der Waals surface area contributed by atoms with Gasteiger partial charge in [-0.1, -0.05) is 13.3 Å². The van der Waals surface area contributed by atoms with E-state index in [1.54, 1.807) is 13.8 Å². The molecule has 4 nitrogen and oxygen atoms in total. The molecule has 0 aromatic heterocycles. The summed E-state index contributed by atoms with van der Waals surface area (Å²) in [5.41, 5.74) is 0. The molecule has 0 aromatic carbocycles. The number of sulfone groups is 1. The van der Waals surface area contributed by atoms with Crippen LogP contribution in [0, 0.1) is 0 Å². The van der Waals surface area contributed by atoms with E-state index in [9.17, 15) is 8.42 Å². The lowest BCUT2D eigenvalue weighted by atomic mass is 10.1. The fourth-order valence-electron chi connectivity index (χ4n) is 2.13. The van der Waals surface area contributed by atoms with Crippen molar-refractivity contribution in [1.82, 2.24) is 10.2 Å². The lowest BCUT2D eigenvalue weighted by Crippen LogP contribution is -2.51. The minimum absolute atomic E-state index is 0.253. The largest absolute Gasteiger partial charge is 0.311 e. The van der Waals surface area contributed by atoms with Crippen LogP contribution < -0.4 is 5.32 Å². The van der Waals surface area contributed by atoms with Gasteiger partial charge in [-0.05, 0) is 20.3 Å². The van der Waals surface area contributed by atoms with Gasteiger partial charge < -0.3 is 5.32 Å². The van der Waals surface area contributed by atoms with Gasteiger partial charge in [0.25, 0.3) is 0 Å². The quantitative estimate of drug-likeness (QED) is 0.772. The first-order valence-corrected chi connectivity index (χ1v) is 8.34. The van der Waals surface area contributed by atoms with Crippen molar-refractivity contribution in [2.45, 2.75) is 44.9 Å². The zero-order chi connectivity index (χ0) is 12.9. The molecule has 0 aromatic rings. The number of rotatable bonds is 6.